The van der Waals surface area contributed by atoms with Gasteiger partial charge in [-0.3, -0.25) is 0 Å². The molecule has 4 rings (SSSR count). The molecule has 30 heavy (non-hydrogen) atoms. The topological polar surface area (TPSA) is 95.9 Å². The molecule has 1 atom stereocenters. The Morgan fingerprint density at radius 1 is 1.20 bits per heavy atom. The van der Waals surface area contributed by atoms with Crippen LogP contribution in [0.2, 0.25) is 0 Å². The quantitative estimate of drug-likeness (QED) is 0.633. The van der Waals surface area contributed by atoms with Crippen LogP contribution in [0.25, 0.3) is 0 Å². The van der Waals surface area contributed by atoms with Crippen LogP contribution in [0.5, 0.6) is 0 Å². The molecule has 6 nitrogen and oxygen atoms in total. The van der Waals surface area contributed by atoms with Crippen molar-refractivity contribution in [3.05, 3.63) is 71.6 Å². The van der Waals surface area contributed by atoms with E-state index in [1.165, 1.54) is 19.3 Å². The third-order valence-corrected chi connectivity index (χ3v) is 5.45. The summed E-state index contributed by atoms with van der Waals surface area (Å²) in [5, 5.41) is 4.12. The van der Waals surface area contributed by atoms with E-state index in [4.69, 9.17) is 16.0 Å². The number of hydrogen-bond donors (Lipinski definition) is 2. The fourth-order valence-electron chi connectivity index (χ4n) is 3.56. The first-order valence-electron chi connectivity index (χ1n) is 10.7. The summed E-state index contributed by atoms with van der Waals surface area (Å²) in [5.41, 5.74) is 13.2. The number of rotatable bonds is 5. The van der Waals surface area contributed by atoms with E-state index < -0.39 is 0 Å². The maximum Gasteiger partial charge on any atom is 0.210 e. The minimum Gasteiger partial charge on any atom is -0.347 e. The van der Waals surface area contributed by atoms with Crippen molar-refractivity contribution in [2.24, 2.45) is 17.4 Å². The Bertz CT molecular complexity index is 960. The highest BCUT2D eigenvalue weighted by Crippen LogP contribution is 2.27. The van der Waals surface area contributed by atoms with Crippen molar-refractivity contribution in [3.63, 3.8) is 0 Å². The van der Waals surface area contributed by atoms with Crippen molar-refractivity contribution in [2.45, 2.75) is 51.6 Å². The molecule has 1 fully saturated rings. The summed E-state index contributed by atoms with van der Waals surface area (Å²) >= 11 is 0. The fraction of sp³-hybridized carbons (Fsp3) is 0.417. The third kappa shape index (κ3) is 5.59. The maximum absolute atomic E-state index is 5.93. The van der Waals surface area contributed by atoms with Gasteiger partial charge in [0.15, 0.2) is 0 Å². The van der Waals surface area contributed by atoms with Crippen LogP contribution in [0.3, 0.4) is 0 Å². The highest BCUT2D eigenvalue weighted by molar-refractivity contribution is 5.39. The highest BCUT2D eigenvalue weighted by atomic mass is 16.5. The Hall–Kier alpha value is -2.88. The Morgan fingerprint density at radius 2 is 1.97 bits per heavy atom. The molecule has 0 spiro atoms. The van der Waals surface area contributed by atoms with Crippen molar-refractivity contribution in [1.82, 2.24) is 14.7 Å². The van der Waals surface area contributed by atoms with Crippen LogP contribution in [0.4, 0.5) is 0 Å². The molecular formula is C24H31N5O. The highest BCUT2D eigenvalue weighted by Gasteiger charge is 2.23. The Kier molecular flexibility index (Phi) is 7.83. The Labute approximate surface area is 178 Å². The van der Waals surface area contributed by atoms with Crippen molar-refractivity contribution in [1.29, 1.82) is 0 Å². The van der Waals surface area contributed by atoms with Gasteiger partial charge in [-0.05, 0) is 36.8 Å². The van der Waals surface area contributed by atoms with Crippen LogP contribution in [0.15, 0.2) is 53.3 Å². The molecule has 1 aliphatic carbocycles. The van der Waals surface area contributed by atoms with Gasteiger partial charge in [0.1, 0.15) is 11.5 Å². The van der Waals surface area contributed by atoms with E-state index in [2.05, 4.69) is 35.8 Å². The second kappa shape index (κ2) is 10.8. The lowest BCUT2D eigenvalue weighted by molar-refractivity contribution is 0.258. The number of nitrogens with two attached hydrogens (primary N) is 2. The predicted molar refractivity (Wildman–Crippen MR) is 119 cm³/mol. The normalized spacial score (nSPS) is 18.4. The van der Waals surface area contributed by atoms with Crippen LogP contribution in [-0.4, -0.2) is 27.3 Å². The van der Waals surface area contributed by atoms with E-state index in [0.29, 0.717) is 18.3 Å². The number of aromatic nitrogens is 3. The van der Waals surface area contributed by atoms with Gasteiger partial charge in [-0.25, -0.2) is 4.98 Å². The minimum absolute atomic E-state index is 0.0940. The lowest BCUT2D eigenvalue weighted by Crippen LogP contribution is -2.35. The van der Waals surface area contributed by atoms with Gasteiger partial charge in [0, 0.05) is 43.0 Å². The molecule has 0 saturated heterocycles. The van der Waals surface area contributed by atoms with Gasteiger partial charge in [0.05, 0.1) is 6.04 Å². The fourth-order valence-corrected chi connectivity index (χ4v) is 3.56. The first-order chi connectivity index (χ1) is 14.6. The van der Waals surface area contributed by atoms with Gasteiger partial charge in [-0.1, -0.05) is 49.5 Å². The van der Waals surface area contributed by atoms with Crippen LogP contribution in [0.1, 0.15) is 62.0 Å². The van der Waals surface area contributed by atoms with Gasteiger partial charge < -0.3 is 20.6 Å². The van der Waals surface area contributed by atoms with Gasteiger partial charge in [-0.2, -0.15) is 0 Å². The van der Waals surface area contributed by atoms with Crippen molar-refractivity contribution >= 4 is 0 Å². The van der Waals surface area contributed by atoms with Crippen LogP contribution >= 0.6 is 0 Å². The summed E-state index contributed by atoms with van der Waals surface area (Å²) in [4.78, 5) is 4.33. The van der Waals surface area contributed by atoms with E-state index >= 15 is 0 Å². The van der Waals surface area contributed by atoms with E-state index in [1.807, 2.05) is 47.2 Å². The van der Waals surface area contributed by atoms with Crippen LogP contribution in [-0.2, 0) is 6.42 Å². The van der Waals surface area contributed by atoms with Crippen molar-refractivity contribution in [2.75, 3.05) is 6.54 Å². The monoisotopic (exact) mass is 405 g/mol. The number of nitrogens with zero attached hydrogens (tertiary/aromatic N) is 3. The van der Waals surface area contributed by atoms with E-state index in [-0.39, 0.29) is 6.04 Å². The summed E-state index contributed by atoms with van der Waals surface area (Å²) in [6, 6.07) is 12.1. The molecule has 1 unspecified atom stereocenters. The Balaban J connectivity index is 0.000000310. The molecule has 4 N–H and O–H groups in total. The minimum atomic E-state index is -0.0940. The average Bonchev–Trinajstić information content (AvgIpc) is 3.42. The van der Waals surface area contributed by atoms with Gasteiger partial charge in [-0.15, -0.1) is 0 Å². The molecule has 0 radical (unpaired) electrons. The number of imidazole rings is 1. The third-order valence-electron chi connectivity index (χ3n) is 5.45. The lowest BCUT2D eigenvalue weighted by Gasteiger charge is -2.31. The molecule has 3 aromatic rings. The van der Waals surface area contributed by atoms with Crippen LogP contribution < -0.4 is 11.5 Å². The summed E-state index contributed by atoms with van der Waals surface area (Å²) in [7, 11) is 0. The van der Waals surface area contributed by atoms with E-state index in [0.717, 1.165) is 29.4 Å². The summed E-state index contributed by atoms with van der Waals surface area (Å²) < 4.78 is 7.36. The number of benzene rings is 1. The zero-order valence-corrected chi connectivity index (χ0v) is 17.8. The molecule has 2 heterocycles. The summed E-state index contributed by atoms with van der Waals surface area (Å²) in [6.07, 6.45) is 8.40. The number of hydrogen-bond acceptors (Lipinski definition) is 5. The van der Waals surface area contributed by atoms with E-state index in [1.54, 1.807) is 6.20 Å². The largest absolute Gasteiger partial charge is 0.347 e. The second-order valence-corrected chi connectivity index (χ2v) is 7.59. The SMILES string of the molecule is CCC1CC(N)C1.CCc1nccn1C(CN)c1cc(C#Cc2ccccc2)on1. The molecule has 1 saturated carbocycles. The standard InChI is InChI=1S/C18H18N4O.C6H13N/c1-2-18-20-10-11-22(18)17(13-19)16-12-15(23-21-16)9-8-14-6-4-3-5-7-14;1-2-5-3-6(7)4-5/h3-7,10-12,17H,2,13,19H2,1H3;5-6H,2-4,7H2,1H3. The zero-order valence-electron chi connectivity index (χ0n) is 17.8. The first kappa shape index (κ1) is 21.8. The predicted octanol–water partition coefficient (Wildman–Crippen LogP) is 3.52. The summed E-state index contributed by atoms with van der Waals surface area (Å²) in [5.74, 6) is 8.51. The Morgan fingerprint density at radius 3 is 2.57 bits per heavy atom. The zero-order chi connectivity index (χ0) is 21.3. The molecule has 6 heteroatoms. The molecule has 2 aromatic heterocycles. The smallest absolute Gasteiger partial charge is 0.210 e. The van der Waals surface area contributed by atoms with E-state index in [9.17, 15) is 0 Å². The maximum atomic E-state index is 5.93. The summed E-state index contributed by atoms with van der Waals surface area (Å²) in [6.45, 7) is 4.71. The lowest BCUT2D eigenvalue weighted by atomic mass is 9.79. The molecule has 1 aromatic carbocycles. The molecule has 0 bridgehead atoms. The van der Waals surface area contributed by atoms with Gasteiger partial charge in [0.2, 0.25) is 5.76 Å². The molecule has 0 aliphatic heterocycles. The van der Waals surface area contributed by atoms with Crippen molar-refractivity contribution in [3.8, 4) is 11.8 Å². The van der Waals surface area contributed by atoms with Gasteiger partial charge in [0.25, 0.3) is 0 Å². The number of aryl methyl sites for hydroxylation is 1. The molecular weight excluding hydrogens is 374 g/mol. The van der Waals surface area contributed by atoms with Crippen molar-refractivity contribution < 1.29 is 4.52 Å². The molecule has 0 amide bonds. The van der Waals surface area contributed by atoms with Gasteiger partial charge >= 0.3 is 0 Å². The first-order valence-corrected chi connectivity index (χ1v) is 10.7. The molecule has 1 aliphatic rings. The molecule has 158 valence electrons. The second-order valence-electron chi connectivity index (χ2n) is 7.59. The van der Waals surface area contributed by atoms with Crippen LogP contribution in [0, 0.1) is 17.8 Å². The average molecular weight is 406 g/mol.